The van der Waals surface area contributed by atoms with E-state index in [1.807, 2.05) is 4.57 Å². The van der Waals surface area contributed by atoms with E-state index in [2.05, 4.69) is 41.2 Å². The Morgan fingerprint density at radius 3 is 2.77 bits per heavy atom. The van der Waals surface area contributed by atoms with E-state index in [-0.39, 0.29) is 0 Å². The van der Waals surface area contributed by atoms with Crippen LogP contribution in [-0.2, 0) is 19.6 Å². The van der Waals surface area contributed by atoms with Gasteiger partial charge in [-0.3, -0.25) is 4.90 Å². The average molecular weight is 372 g/mol. The summed E-state index contributed by atoms with van der Waals surface area (Å²) in [6.45, 7) is 11.0. The van der Waals surface area contributed by atoms with Gasteiger partial charge in [-0.2, -0.15) is 0 Å². The maximum Gasteiger partial charge on any atom is 0.152 e. The first-order chi connectivity index (χ1) is 12.7. The second kappa shape index (κ2) is 7.28. The second-order valence-corrected chi connectivity index (χ2v) is 8.03. The molecule has 1 saturated heterocycles. The van der Waals surface area contributed by atoms with E-state index >= 15 is 0 Å². The zero-order valence-electron chi connectivity index (χ0n) is 15.6. The highest BCUT2D eigenvalue weighted by molar-refractivity contribution is 7.18. The van der Waals surface area contributed by atoms with Crippen molar-refractivity contribution in [2.45, 2.75) is 53.2 Å². The molecule has 26 heavy (non-hydrogen) atoms. The molecule has 1 N–H and O–H groups in total. The fraction of sp³-hybridized carbons (Fsp3) is 0.556. The molecule has 1 aliphatic rings. The van der Waals surface area contributed by atoms with Crippen LogP contribution >= 0.6 is 11.3 Å². The highest BCUT2D eigenvalue weighted by Gasteiger charge is 2.18. The van der Waals surface area contributed by atoms with Crippen molar-refractivity contribution in [2.75, 3.05) is 18.4 Å². The first kappa shape index (κ1) is 17.4. The summed E-state index contributed by atoms with van der Waals surface area (Å²) in [6.07, 6.45) is 4.32. The average Bonchev–Trinajstić information content (AvgIpc) is 3.35. The lowest BCUT2D eigenvalue weighted by molar-refractivity contribution is 0.323. The van der Waals surface area contributed by atoms with Gasteiger partial charge >= 0.3 is 0 Å². The summed E-state index contributed by atoms with van der Waals surface area (Å²) >= 11 is 1.75. The molecule has 1 aliphatic heterocycles. The summed E-state index contributed by atoms with van der Waals surface area (Å²) < 4.78 is 2.04. The van der Waals surface area contributed by atoms with Crippen LogP contribution < -0.4 is 5.32 Å². The summed E-state index contributed by atoms with van der Waals surface area (Å²) in [5.41, 5.74) is 1.26. The molecule has 4 rings (SSSR count). The standard InChI is InChI=1S/C18H25N7S/c1-4-25-11-20-23-15(25)9-19-17-16-12(2)13(3)26-18(16)22-14(21-17)10-24-7-5-6-8-24/h11H,4-10H2,1-3H3,(H,19,21,22). The van der Waals surface area contributed by atoms with Gasteiger partial charge in [0.2, 0.25) is 0 Å². The third-order valence-corrected chi connectivity index (χ3v) is 6.19. The van der Waals surface area contributed by atoms with Gasteiger partial charge in [0, 0.05) is 11.4 Å². The van der Waals surface area contributed by atoms with Gasteiger partial charge in [-0.25, -0.2) is 9.97 Å². The van der Waals surface area contributed by atoms with Gasteiger partial charge < -0.3 is 9.88 Å². The molecule has 0 bridgehead atoms. The number of aryl methyl sites for hydroxylation is 3. The molecular weight excluding hydrogens is 346 g/mol. The summed E-state index contributed by atoms with van der Waals surface area (Å²) in [5.74, 6) is 2.74. The van der Waals surface area contributed by atoms with Crippen LogP contribution in [0.1, 0.15) is 41.9 Å². The van der Waals surface area contributed by atoms with Crippen LogP contribution in [0.2, 0.25) is 0 Å². The molecule has 4 heterocycles. The van der Waals surface area contributed by atoms with Gasteiger partial charge in [0.25, 0.3) is 0 Å². The molecule has 0 radical (unpaired) electrons. The topological polar surface area (TPSA) is 71.8 Å². The van der Waals surface area contributed by atoms with E-state index in [1.165, 1.54) is 23.3 Å². The molecule has 0 atom stereocenters. The van der Waals surface area contributed by atoms with E-state index < -0.39 is 0 Å². The summed E-state index contributed by atoms with van der Waals surface area (Å²) in [5, 5.41) is 12.9. The summed E-state index contributed by atoms with van der Waals surface area (Å²) in [7, 11) is 0. The Hall–Kier alpha value is -2.06. The number of aromatic nitrogens is 5. The van der Waals surface area contributed by atoms with Crippen molar-refractivity contribution in [3.63, 3.8) is 0 Å². The van der Waals surface area contributed by atoms with Crippen LogP contribution in [-0.4, -0.2) is 42.7 Å². The summed E-state index contributed by atoms with van der Waals surface area (Å²) in [4.78, 5) is 14.5. The van der Waals surface area contributed by atoms with Crippen LogP contribution in [0.15, 0.2) is 6.33 Å². The Kier molecular flexibility index (Phi) is 4.86. The number of anilines is 1. The molecule has 8 heteroatoms. The van der Waals surface area contributed by atoms with Crippen LogP contribution in [0.4, 0.5) is 5.82 Å². The van der Waals surface area contributed by atoms with E-state index in [9.17, 15) is 0 Å². The third-order valence-electron chi connectivity index (χ3n) is 5.09. The molecule has 0 amide bonds. The number of nitrogens with zero attached hydrogens (tertiary/aromatic N) is 6. The SMILES string of the molecule is CCn1cnnc1CNc1nc(CN2CCCC2)nc2sc(C)c(C)c12. The predicted molar refractivity (Wildman–Crippen MR) is 104 cm³/mol. The maximum atomic E-state index is 4.88. The van der Waals surface area contributed by atoms with E-state index in [0.29, 0.717) is 6.54 Å². The van der Waals surface area contributed by atoms with Crippen molar-refractivity contribution >= 4 is 27.4 Å². The normalized spacial score (nSPS) is 15.2. The third kappa shape index (κ3) is 3.31. The fourth-order valence-corrected chi connectivity index (χ4v) is 4.52. The number of thiophene rings is 1. The monoisotopic (exact) mass is 371 g/mol. The van der Waals surface area contributed by atoms with Crippen LogP contribution in [0.5, 0.6) is 0 Å². The highest BCUT2D eigenvalue weighted by Crippen LogP contribution is 2.33. The highest BCUT2D eigenvalue weighted by atomic mass is 32.1. The van der Waals surface area contributed by atoms with E-state index in [1.54, 1.807) is 17.7 Å². The first-order valence-electron chi connectivity index (χ1n) is 9.25. The van der Waals surface area contributed by atoms with Gasteiger partial charge in [0.1, 0.15) is 22.8 Å². The van der Waals surface area contributed by atoms with Crippen molar-refractivity contribution in [3.05, 3.63) is 28.4 Å². The minimum atomic E-state index is 0.609. The number of hydrogen-bond donors (Lipinski definition) is 1. The quantitative estimate of drug-likeness (QED) is 0.718. The van der Waals surface area contributed by atoms with Gasteiger partial charge in [-0.15, -0.1) is 21.5 Å². The largest absolute Gasteiger partial charge is 0.362 e. The number of fused-ring (bicyclic) bond motifs is 1. The Labute approximate surface area is 157 Å². The molecule has 3 aromatic rings. The molecule has 7 nitrogen and oxygen atoms in total. The van der Waals surface area contributed by atoms with Crippen molar-refractivity contribution in [1.82, 2.24) is 29.6 Å². The van der Waals surface area contributed by atoms with Gasteiger partial charge in [0.05, 0.1) is 18.5 Å². The van der Waals surface area contributed by atoms with Crippen molar-refractivity contribution in [2.24, 2.45) is 0 Å². The van der Waals surface area contributed by atoms with Gasteiger partial charge in [-0.1, -0.05) is 0 Å². The molecule has 0 aliphatic carbocycles. The Balaban J connectivity index is 1.65. The van der Waals surface area contributed by atoms with Gasteiger partial charge in [0.15, 0.2) is 5.82 Å². The lowest BCUT2D eigenvalue weighted by Gasteiger charge is -2.15. The zero-order valence-corrected chi connectivity index (χ0v) is 16.4. The second-order valence-electron chi connectivity index (χ2n) is 6.82. The van der Waals surface area contributed by atoms with Crippen LogP contribution in [0.25, 0.3) is 10.2 Å². The molecular formula is C18H25N7S. The smallest absolute Gasteiger partial charge is 0.152 e. The van der Waals surface area contributed by atoms with Crippen LogP contribution in [0.3, 0.4) is 0 Å². The number of likely N-dealkylation sites (tertiary alicyclic amines) is 1. The van der Waals surface area contributed by atoms with Crippen molar-refractivity contribution in [3.8, 4) is 0 Å². The molecule has 1 fully saturated rings. The number of hydrogen-bond acceptors (Lipinski definition) is 7. The maximum absolute atomic E-state index is 4.88. The first-order valence-corrected chi connectivity index (χ1v) is 10.1. The molecule has 138 valence electrons. The lowest BCUT2D eigenvalue weighted by Crippen LogP contribution is -2.20. The lowest BCUT2D eigenvalue weighted by atomic mass is 10.2. The van der Waals surface area contributed by atoms with Crippen molar-refractivity contribution < 1.29 is 0 Å². The molecule has 0 unspecified atom stereocenters. The predicted octanol–water partition coefficient (Wildman–Crippen LogP) is 3.13. The van der Waals surface area contributed by atoms with Crippen LogP contribution in [0, 0.1) is 13.8 Å². The minimum absolute atomic E-state index is 0.609. The van der Waals surface area contributed by atoms with E-state index in [4.69, 9.17) is 9.97 Å². The Morgan fingerprint density at radius 2 is 2.00 bits per heavy atom. The number of nitrogens with one attached hydrogen (secondary N) is 1. The molecule has 0 saturated carbocycles. The van der Waals surface area contributed by atoms with E-state index in [0.717, 1.165) is 53.9 Å². The number of rotatable bonds is 6. The Morgan fingerprint density at radius 1 is 1.19 bits per heavy atom. The Bertz CT molecular complexity index is 908. The zero-order chi connectivity index (χ0) is 18.1. The molecule has 3 aromatic heterocycles. The summed E-state index contributed by atoms with van der Waals surface area (Å²) in [6, 6.07) is 0. The fourth-order valence-electron chi connectivity index (χ4n) is 3.48. The molecule has 0 spiro atoms. The molecule has 0 aromatic carbocycles. The van der Waals surface area contributed by atoms with Gasteiger partial charge in [-0.05, 0) is 52.3 Å². The minimum Gasteiger partial charge on any atom is -0.362 e. The van der Waals surface area contributed by atoms with Crippen molar-refractivity contribution in [1.29, 1.82) is 0 Å².